The van der Waals surface area contributed by atoms with Crippen LogP contribution < -0.4 is 17.2 Å². The zero-order chi connectivity index (χ0) is 10.4. The summed E-state index contributed by atoms with van der Waals surface area (Å²) < 4.78 is 0. The Bertz CT molecular complexity index is 105. The van der Waals surface area contributed by atoms with Crippen molar-refractivity contribution in [3.63, 3.8) is 0 Å². The Morgan fingerprint density at radius 2 is 1.00 bits per heavy atom. The molecule has 0 amide bonds. The lowest BCUT2D eigenvalue weighted by Crippen LogP contribution is -2.53. The summed E-state index contributed by atoms with van der Waals surface area (Å²) in [5, 5.41) is 0. The lowest BCUT2D eigenvalue weighted by Gasteiger charge is -2.38. The van der Waals surface area contributed by atoms with Gasteiger partial charge in [-0.15, -0.1) is 0 Å². The summed E-state index contributed by atoms with van der Waals surface area (Å²) in [6, 6.07) is 1.03. The maximum absolute atomic E-state index is 5.63. The van der Waals surface area contributed by atoms with Gasteiger partial charge in [-0.25, -0.2) is 0 Å². The van der Waals surface area contributed by atoms with Gasteiger partial charge in [0.05, 0.1) is 0 Å². The van der Waals surface area contributed by atoms with E-state index >= 15 is 0 Å². The van der Waals surface area contributed by atoms with Crippen molar-refractivity contribution in [3.05, 3.63) is 0 Å². The van der Waals surface area contributed by atoms with Crippen LogP contribution in [0.25, 0.3) is 0 Å². The van der Waals surface area contributed by atoms with Crippen LogP contribution in [0.1, 0.15) is 20.8 Å². The number of rotatable bonds is 6. The second-order valence-corrected chi connectivity index (χ2v) is 3.70. The number of hydrogen-bond acceptors (Lipinski definition) is 4. The molecule has 0 aliphatic heterocycles. The molecule has 3 unspecified atom stereocenters. The molecule has 0 saturated heterocycles. The highest BCUT2D eigenvalue weighted by Gasteiger charge is 2.22. The van der Waals surface area contributed by atoms with Gasteiger partial charge in [0.25, 0.3) is 0 Å². The van der Waals surface area contributed by atoms with Gasteiger partial charge in [-0.2, -0.15) is 0 Å². The van der Waals surface area contributed by atoms with E-state index in [0.717, 1.165) is 0 Å². The average molecular weight is 188 g/mol. The maximum Gasteiger partial charge on any atom is 0.0196 e. The van der Waals surface area contributed by atoms with E-state index in [2.05, 4.69) is 25.7 Å². The Morgan fingerprint density at radius 1 is 0.769 bits per heavy atom. The lowest BCUT2D eigenvalue weighted by molar-refractivity contribution is 0.115. The molecule has 0 rings (SSSR count). The third-order valence-electron chi connectivity index (χ3n) is 2.55. The maximum atomic E-state index is 5.63. The average Bonchev–Trinajstić information content (AvgIpc) is 2.16. The first-order chi connectivity index (χ1) is 6.08. The van der Waals surface area contributed by atoms with E-state index in [9.17, 15) is 0 Å². The van der Waals surface area contributed by atoms with Gasteiger partial charge in [0.15, 0.2) is 0 Å². The van der Waals surface area contributed by atoms with Crippen LogP contribution in [0.3, 0.4) is 0 Å². The van der Waals surface area contributed by atoms with Crippen molar-refractivity contribution >= 4 is 0 Å². The first kappa shape index (κ1) is 12.8. The van der Waals surface area contributed by atoms with Crippen molar-refractivity contribution in [1.82, 2.24) is 4.90 Å². The van der Waals surface area contributed by atoms with E-state index in [1.165, 1.54) is 0 Å². The Kier molecular flexibility index (Phi) is 6.24. The van der Waals surface area contributed by atoms with Gasteiger partial charge >= 0.3 is 0 Å². The number of nitrogens with zero attached hydrogens (tertiary/aromatic N) is 1. The minimum absolute atomic E-state index is 0.345. The topological polar surface area (TPSA) is 81.3 Å². The first-order valence-electron chi connectivity index (χ1n) is 4.96. The van der Waals surface area contributed by atoms with Crippen molar-refractivity contribution < 1.29 is 0 Å². The van der Waals surface area contributed by atoms with Crippen LogP contribution in [0.15, 0.2) is 0 Å². The van der Waals surface area contributed by atoms with Crippen molar-refractivity contribution in [3.8, 4) is 0 Å². The molecule has 4 heteroatoms. The van der Waals surface area contributed by atoms with Crippen molar-refractivity contribution in [1.29, 1.82) is 0 Å². The van der Waals surface area contributed by atoms with E-state index in [1.54, 1.807) is 0 Å². The molecule has 0 spiro atoms. The second kappa shape index (κ2) is 6.32. The summed E-state index contributed by atoms with van der Waals surface area (Å²) >= 11 is 0. The van der Waals surface area contributed by atoms with Crippen LogP contribution in [0, 0.1) is 0 Å². The summed E-state index contributed by atoms with van der Waals surface area (Å²) in [4.78, 5) is 2.29. The third-order valence-corrected chi connectivity index (χ3v) is 2.55. The van der Waals surface area contributed by atoms with Crippen LogP contribution in [0.5, 0.6) is 0 Å². The highest BCUT2D eigenvalue weighted by Crippen LogP contribution is 2.08. The fourth-order valence-electron chi connectivity index (χ4n) is 1.67. The molecule has 0 saturated carbocycles. The molecule has 4 nitrogen and oxygen atoms in total. The molecule has 0 aromatic heterocycles. The van der Waals surface area contributed by atoms with Gasteiger partial charge in [0.1, 0.15) is 0 Å². The van der Waals surface area contributed by atoms with E-state index in [1.807, 2.05) is 0 Å². The van der Waals surface area contributed by atoms with Crippen LogP contribution in [0.4, 0.5) is 0 Å². The van der Waals surface area contributed by atoms with Crippen molar-refractivity contribution in [2.45, 2.75) is 38.9 Å². The van der Waals surface area contributed by atoms with Gasteiger partial charge in [-0.1, -0.05) is 0 Å². The van der Waals surface area contributed by atoms with Crippen LogP contribution >= 0.6 is 0 Å². The number of hydrogen-bond donors (Lipinski definition) is 3. The molecule has 13 heavy (non-hydrogen) atoms. The zero-order valence-corrected chi connectivity index (χ0v) is 9.03. The highest BCUT2D eigenvalue weighted by molar-refractivity contribution is 4.80. The number of nitrogens with two attached hydrogens (primary N) is 3. The molecule has 0 aliphatic rings. The molecular weight excluding hydrogens is 164 g/mol. The highest BCUT2D eigenvalue weighted by atomic mass is 15.2. The summed E-state index contributed by atoms with van der Waals surface area (Å²) in [6.45, 7) is 8.27. The van der Waals surface area contributed by atoms with E-state index in [4.69, 9.17) is 17.2 Å². The van der Waals surface area contributed by atoms with Gasteiger partial charge in [0, 0.05) is 37.8 Å². The Balaban J connectivity index is 4.34. The van der Waals surface area contributed by atoms with E-state index < -0.39 is 0 Å². The summed E-state index contributed by atoms with van der Waals surface area (Å²) in [6.07, 6.45) is 0. The van der Waals surface area contributed by atoms with Gasteiger partial charge in [0.2, 0.25) is 0 Å². The monoisotopic (exact) mass is 188 g/mol. The molecule has 0 bridgehead atoms. The lowest BCUT2D eigenvalue weighted by atomic mass is 10.1. The zero-order valence-electron chi connectivity index (χ0n) is 9.03. The molecule has 0 fully saturated rings. The largest absolute Gasteiger partial charge is 0.329 e. The normalized spacial score (nSPS) is 18.7. The minimum Gasteiger partial charge on any atom is -0.329 e. The van der Waals surface area contributed by atoms with Crippen molar-refractivity contribution in [2.75, 3.05) is 19.6 Å². The predicted molar refractivity (Wildman–Crippen MR) is 57.4 cm³/mol. The smallest absolute Gasteiger partial charge is 0.0196 e. The molecule has 0 heterocycles. The Labute approximate surface area is 81.4 Å². The minimum atomic E-state index is 0.345. The molecule has 6 N–H and O–H groups in total. The molecule has 0 aliphatic carbocycles. The quantitative estimate of drug-likeness (QED) is 0.516. The van der Waals surface area contributed by atoms with E-state index in [-0.39, 0.29) is 0 Å². The fourth-order valence-corrected chi connectivity index (χ4v) is 1.67. The molecule has 3 atom stereocenters. The second-order valence-electron chi connectivity index (χ2n) is 3.70. The Morgan fingerprint density at radius 3 is 1.15 bits per heavy atom. The van der Waals surface area contributed by atoms with Crippen molar-refractivity contribution in [2.24, 2.45) is 17.2 Å². The summed E-state index contributed by atoms with van der Waals surface area (Å²) in [5.74, 6) is 0. The standard InChI is InChI=1S/C9H24N4/c1-7(4-10)13(8(2)5-11)9(3)6-12/h7-9H,4-6,10-12H2,1-3H3. The predicted octanol–water partition coefficient (Wildman–Crippen LogP) is -0.670. The first-order valence-corrected chi connectivity index (χ1v) is 4.96. The summed E-state index contributed by atoms with van der Waals surface area (Å²) in [5.41, 5.74) is 16.9. The molecular formula is C9H24N4. The molecule has 0 radical (unpaired) electrons. The van der Waals surface area contributed by atoms with Gasteiger partial charge in [-0.3, -0.25) is 4.90 Å². The Hall–Kier alpha value is -0.160. The van der Waals surface area contributed by atoms with Crippen LogP contribution in [-0.2, 0) is 0 Å². The third kappa shape index (κ3) is 3.60. The van der Waals surface area contributed by atoms with Crippen LogP contribution in [-0.4, -0.2) is 42.7 Å². The van der Waals surface area contributed by atoms with E-state index in [0.29, 0.717) is 37.8 Å². The molecule has 0 aromatic carbocycles. The fraction of sp³-hybridized carbons (Fsp3) is 1.00. The van der Waals surface area contributed by atoms with Crippen LogP contribution in [0.2, 0.25) is 0 Å². The SMILES string of the molecule is CC(CN)N(C(C)CN)C(C)CN. The molecule has 0 aromatic rings. The van der Waals surface area contributed by atoms with Gasteiger partial charge < -0.3 is 17.2 Å². The van der Waals surface area contributed by atoms with Gasteiger partial charge in [-0.05, 0) is 20.8 Å². The summed E-state index contributed by atoms with van der Waals surface area (Å²) in [7, 11) is 0. The molecule has 80 valence electrons.